The molecule has 3 rings (SSSR count). The summed E-state index contributed by atoms with van der Waals surface area (Å²) in [6, 6.07) is 5.15. The normalized spacial score (nSPS) is 19.1. The molecule has 8 heteroatoms. The van der Waals surface area contributed by atoms with E-state index in [0.29, 0.717) is 6.54 Å². The molecule has 3 atom stereocenters. The van der Waals surface area contributed by atoms with Crippen LogP contribution in [0.25, 0.3) is 11.0 Å². The monoisotopic (exact) mass is 436 g/mol. The number of imidazole rings is 1. The molecule has 1 saturated heterocycles. The number of amides is 2. The number of ether oxygens (including phenoxy) is 1. The van der Waals surface area contributed by atoms with Crippen molar-refractivity contribution in [1.82, 2.24) is 20.2 Å². The van der Waals surface area contributed by atoms with Crippen LogP contribution in [0.15, 0.2) is 22.7 Å². The number of nitrogens with one attached hydrogen (secondary N) is 2. The van der Waals surface area contributed by atoms with Crippen molar-refractivity contribution >= 4 is 39.0 Å². The van der Waals surface area contributed by atoms with Crippen LogP contribution in [0.2, 0.25) is 0 Å². The van der Waals surface area contributed by atoms with Crippen molar-refractivity contribution in [3.8, 4) is 0 Å². The van der Waals surface area contributed by atoms with E-state index in [1.807, 2.05) is 36.9 Å². The van der Waals surface area contributed by atoms with E-state index >= 15 is 0 Å². The number of likely N-dealkylation sites (tertiary alicyclic amines) is 1. The third kappa shape index (κ3) is 4.10. The van der Waals surface area contributed by atoms with Crippen LogP contribution in [0, 0.1) is 5.92 Å². The standard InChI is InChI=1S/C19H25BrN4O3/c1-4-11(2)16(23-19(26)27-3)18(25)24-9-5-6-15(24)17-21-13-8-7-12(20)10-14(13)22-17/h7-8,10-11,15-16H,4-6,9H2,1-3H3,(H,21,22)(H,23,26). The molecule has 0 spiro atoms. The fourth-order valence-electron chi connectivity index (χ4n) is 3.52. The molecule has 1 fully saturated rings. The maximum atomic E-state index is 13.3. The molecule has 0 aliphatic carbocycles. The Hall–Kier alpha value is -2.09. The number of H-pyrrole nitrogens is 1. The predicted octanol–water partition coefficient (Wildman–Crippen LogP) is 3.76. The molecule has 1 aromatic carbocycles. The number of aromatic nitrogens is 2. The van der Waals surface area contributed by atoms with Gasteiger partial charge in [-0.1, -0.05) is 36.2 Å². The third-order valence-corrected chi connectivity index (χ3v) is 5.74. The van der Waals surface area contributed by atoms with Crippen molar-refractivity contribution < 1.29 is 14.3 Å². The molecule has 27 heavy (non-hydrogen) atoms. The predicted molar refractivity (Wildman–Crippen MR) is 106 cm³/mol. The van der Waals surface area contributed by atoms with Gasteiger partial charge in [0, 0.05) is 11.0 Å². The minimum Gasteiger partial charge on any atom is -0.453 e. The summed E-state index contributed by atoms with van der Waals surface area (Å²) in [4.78, 5) is 34.9. The molecule has 2 heterocycles. The van der Waals surface area contributed by atoms with Crippen LogP contribution >= 0.6 is 15.9 Å². The number of hydrogen-bond donors (Lipinski definition) is 2. The lowest BCUT2D eigenvalue weighted by atomic mass is 9.97. The third-order valence-electron chi connectivity index (χ3n) is 5.25. The van der Waals surface area contributed by atoms with E-state index in [2.05, 4.69) is 31.2 Å². The van der Waals surface area contributed by atoms with Gasteiger partial charge in [0.15, 0.2) is 0 Å². The molecule has 146 valence electrons. The van der Waals surface area contributed by atoms with Crippen molar-refractivity contribution in [2.75, 3.05) is 13.7 Å². The lowest BCUT2D eigenvalue weighted by molar-refractivity contribution is -0.135. The highest BCUT2D eigenvalue weighted by molar-refractivity contribution is 9.10. The van der Waals surface area contributed by atoms with E-state index in [9.17, 15) is 9.59 Å². The molecular formula is C19H25BrN4O3. The summed E-state index contributed by atoms with van der Waals surface area (Å²) in [6.07, 6.45) is 1.94. The summed E-state index contributed by atoms with van der Waals surface area (Å²) >= 11 is 3.47. The largest absolute Gasteiger partial charge is 0.453 e. The lowest BCUT2D eigenvalue weighted by Crippen LogP contribution is -2.51. The lowest BCUT2D eigenvalue weighted by Gasteiger charge is -2.30. The minimum atomic E-state index is -0.610. The van der Waals surface area contributed by atoms with E-state index in [4.69, 9.17) is 4.74 Å². The van der Waals surface area contributed by atoms with Crippen LogP contribution in [0.4, 0.5) is 4.79 Å². The van der Waals surface area contributed by atoms with Gasteiger partial charge < -0.3 is 19.9 Å². The van der Waals surface area contributed by atoms with E-state index in [1.165, 1.54) is 7.11 Å². The molecule has 7 nitrogen and oxygen atoms in total. The first-order valence-corrected chi connectivity index (χ1v) is 10.0. The second kappa shape index (κ2) is 8.29. The molecule has 2 aromatic rings. The molecule has 2 amide bonds. The Labute approximate surface area is 167 Å². The maximum absolute atomic E-state index is 13.3. The van der Waals surface area contributed by atoms with Crippen LogP contribution in [0.5, 0.6) is 0 Å². The Morgan fingerprint density at radius 3 is 2.96 bits per heavy atom. The summed E-state index contributed by atoms with van der Waals surface area (Å²) in [6.45, 7) is 4.62. The van der Waals surface area contributed by atoms with Gasteiger partial charge in [0.05, 0.1) is 24.2 Å². The zero-order valence-electron chi connectivity index (χ0n) is 15.8. The highest BCUT2D eigenvalue weighted by atomic mass is 79.9. The molecule has 1 aliphatic heterocycles. The summed E-state index contributed by atoms with van der Waals surface area (Å²) in [5, 5.41) is 2.71. The molecular weight excluding hydrogens is 412 g/mol. The number of fused-ring (bicyclic) bond motifs is 1. The fourth-order valence-corrected chi connectivity index (χ4v) is 3.88. The van der Waals surface area contributed by atoms with Crippen molar-refractivity contribution in [3.63, 3.8) is 0 Å². The second-order valence-corrected chi connectivity index (χ2v) is 7.89. The fraction of sp³-hybridized carbons (Fsp3) is 0.526. The topological polar surface area (TPSA) is 87.3 Å². The molecule has 1 aliphatic rings. The number of carbonyl (C=O) groups is 2. The average molecular weight is 437 g/mol. The van der Waals surface area contributed by atoms with Gasteiger partial charge in [0.25, 0.3) is 0 Å². The molecule has 3 unspecified atom stereocenters. The molecule has 0 saturated carbocycles. The Balaban J connectivity index is 1.86. The van der Waals surface area contributed by atoms with Gasteiger partial charge in [-0.2, -0.15) is 0 Å². The van der Waals surface area contributed by atoms with Crippen LogP contribution in [-0.2, 0) is 9.53 Å². The summed E-state index contributed by atoms with van der Waals surface area (Å²) in [5.74, 6) is 0.707. The first-order chi connectivity index (χ1) is 12.9. The smallest absolute Gasteiger partial charge is 0.407 e. The zero-order chi connectivity index (χ0) is 19.6. The number of aromatic amines is 1. The van der Waals surface area contributed by atoms with E-state index in [-0.39, 0.29) is 17.9 Å². The SMILES string of the molecule is CCC(C)C(NC(=O)OC)C(=O)N1CCCC1c1nc2ccc(Br)cc2[nH]1. The molecule has 1 aromatic heterocycles. The highest BCUT2D eigenvalue weighted by Crippen LogP contribution is 2.33. The Morgan fingerprint density at radius 1 is 1.48 bits per heavy atom. The average Bonchev–Trinajstić information content (AvgIpc) is 3.30. The molecule has 2 N–H and O–H groups in total. The van der Waals surface area contributed by atoms with Crippen LogP contribution in [0.1, 0.15) is 45.0 Å². The second-order valence-electron chi connectivity index (χ2n) is 6.97. The van der Waals surface area contributed by atoms with E-state index < -0.39 is 12.1 Å². The number of hydrogen-bond acceptors (Lipinski definition) is 4. The first kappa shape index (κ1) is 19.7. The van der Waals surface area contributed by atoms with Crippen molar-refractivity contribution in [3.05, 3.63) is 28.5 Å². The van der Waals surface area contributed by atoms with E-state index in [0.717, 1.165) is 40.6 Å². The van der Waals surface area contributed by atoms with Crippen molar-refractivity contribution in [1.29, 1.82) is 0 Å². The van der Waals surface area contributed by atoms with Crippen LogP contribution in [0.3, 0.4) is 0 Å². The van der Waals surface area contributed by atoms with Gasteiger partial charge >= 0.3 is 6.09 Å². The molecule has 0 bridgehead atoms. The number of alkyl carbamates (subject to hydrolysis) is 1. The number of nitrogens with zero attached hydrogens (tertiary/aromatic N) is 2. The zero-order valence-corrected chi connectivity index (χ0v) is 17.4. The number of halogens is 1. The van der Waals surface area contributed by atoms with Gasteiger partial charge in [0.1, 0.15) is 11.9 Å². The summed E-state index contributed by atoms with van der Waals surface area (Å²) < 4.78 is 5.68. The Morgan fingerprint density at radius 2 is 2.26 bits per heavy atom. The number of carbonyl (C=O) groups excluding carboxylic acids is 2. The summed E-state index contributed by atoms with van der Waals surface area (Å²) in [7, 11) is 1.30. The Bertz CT molecular complexity index is 837. The number of benzene rings is 1. The summed E-state index contributed by atoms with van der Waals surface area (Å²) in [5.41, 5.74) is 1.81. The van der Waals surface area contributed by atoms with Gasteiger partial charge in [-0.25, -0.2) is 9.78 Å². The maximum Gasteiger partial charge on any atom is 0.407 e. The van der Waals surface area contributed by atoms with Crippen molar-refractivity contribution in [2.45, 2.75) is 45.2 Å². The highest BCUT2D eigenvalue weighted by Gasteiger charge is 2.38. The minimum absolute atomic E-state index is 0.00415. The van der Waals surface area contributed by atoms with E-state index in [1.54, 1.807) is 0 Å². The van der Waals surface area contributed by atoms with Crippen LogP contribution in [-0.4, -0.2) is 46.6 Å². The van der Waals surface area contributed by atoms with Gasteiger partial charge in [0.2, 0.25) is 5.91 Å². The first-order valence-electron chi connectivity index (χ1n) is 9.24. The van der Waals surface area contributed by atoms with Crippen LogP contribution < -0.4 is 5.32 Å². The van der Waals surface area contributed by atoms with Crippen molar-refractivity contribution in [2.24, 2.45) is 5.92 Å². The van der Waals surface area contributed by atoms with Gasteiger partial charge in [-0.15, -0.1) is 0 Å². The van der Waals surface area contributed by atoms with Gasteiger partial charge in [-0.05, 0) is 37.0 Å². The number of rotatable bonds is 5. The quantitative estimate of drug-likeness (QED) is 0.746. The number of methoxy groups -OCH3 is 1. The Kier molecular flexibility index (Phi) is 6.04. The molecule has 0 radical (unpaired) electrons. The van der Waals surface area contributed by atoms with Gasteiger partial charge in [-0.3, -0.25) is 4.79 Å².